The summed E-state index contributed by atoms with van der Waals surface area (Å²) in [6.07, 6.45) is 15.9. The van der Waals surface area contributed by atoms with Crippen molar-refractivity contribution < 1.29 is 4.74 Å². The summed E-state index contributed by atoms with van der Waals surface area (Å²) in [6, 6.07) is 6.27. The minimum Gasteiger partial charge on any atom is -0.382 e. The van der Waals surface area contributed by atoms with Gasteiger partial charge in [0, 0.05) is 41.1 Å². The van der Waals surface area contributed by atoms with Gasteiger partial charge in [0.05, 0.1) is 36.2 Å². The van der Waals surface area contributed by atoms with Crippen LogP contribution in [0.3, 0.4) is 0 Å². The first-order valence-corrected chi connectivity index (χ1v) is 13.2. The summed E-state index contributed by atoms with van der Waals surface area (Å²) < 4.78 is 10.1. The van der Waals surface area contributed by atoms with E-state index >= 15 is 0 Å². The van der Waals surface area contributed by atoms with E-state index in [1.54, 1.807) is 23.1 Å². The van der Waals surface area contributed by atoms with E-state index in [1.165, 1.54) is 32.1 Å². The number of rotatable bonds is 7. The lowest BCUT2D eigenvalue weighted by atomic mass is 9.90. The molecule has 1 N–H and O–H groups in total. The summed E-state index contributed by atoms with van der Waals surface area (Å²) in [4.78, 5) is 9.14. The fourth-order valence-electron chi connectivity index (χ4n) is 5.20. The van der Waals surface area contributed by atoms with Crippen LogP contribution in [-0.2, 0) is 4.74 Å². The van der Waals surface area contributed by atoms with Gasteiger partial charge in [-0.15, -0.1) is 5.10 Å². The van der Waals surface area contributed by atoms with Gasteiger partial charge in [0.25, 0.3) is 0 Å². The lowest BCUT2D eigenvalue weighted by Crippen LogP contribution is -2.36. The summed E-state index contributed by atoms with van der Waals surface area (Å²) in [5.74, 6) is 0.632. The molecular weight excluding hydrogens is 466 g/mol. The van der Waals surface area contributed by atoms with Crippen molar-refractivity contribution in [3.63, 3.8) is 0 Å². The van der Waals surface area contributed by atoms with Crippen molar-refractivity contribution in [2.75, 3.05) is 5.32 Å². The Hall–Kier alpha value is -3.84. The Kier molecular flexibility index (Phi) is 6.30. The van der Waals surface area contributed by atoms with E-state index < -0.39 is 0 Å². The lowest BCUT2D eigenvalue weighted by molar-refractivity contribution is -0.0874. The largest absolute Gasteiger partial charge is 0.382 e. The number of ether oxygens (including phenoxy) is 1. The molecule has 0 saturated heterocycles. The fourth-order valence-corrected chi connectivity index (χ4v) is 5.20. The third-order valence-electron chi connectivity index (χ3n) is 7.30. The fraction of sp³-hybridized carbons (Fsp3) is 0.481. The zero-order chi connectivity index (χ0) is 25.4. The third-order valence-corrected chi connectivity index (χ3v) is 7.30. The molecule has 2 atom stereocenters. The first kappa shape index (κ1) is 23.6. The van der Waals surface area contributed by atoms with E-state index in [2.05, 4.69) is 45.6 Å². The zero-order valence-corrected chi connectivity index (χ0v) is 21.2. The minimum absolute atomic E-state index is 0.199. The number of hydrogen-bond donors (Lipinski definition) is 1. The molecule has 10 nitrogen and oxygen atoms in total. The molecule has 2 aliphatic carbocycles. The van der Waals surface area contributed by atoms with Crippen LogP contribution in [-0.4, -0.2) is 53.0 Å². The minimum atomic E-state index is 0.199. The van der Waals surface area contributed by atoms with E-state index in [-0.39, 0.29) is 18.2 Å². The SMILES string of the molecule is CC(C)Nc1cc(-n2ncc3cc(C#N)cnc32)ncc1-c1cn([C@@H]2CCCC[C@H]2OC2CCC2)nn1. The number of anilines is 1. The first-order chi connectivity index (χ1) is 18.1. The standard InChI is InChI=1S/C27H31N9O/c1-17(2)32-22-11-26(36-27-19(14-31-36)10-18(12-28)13-30-27)29-15-21(22)23-16-35(34-33-23)24-8-3-4-9-25(24)37-20-6-5-7-20/h10-11,13-17,20,24-25H,3-9H2,1-2H3,(H,29,32)/t24-,25-/m1/s1. The van der Waals surface area contributed by atoms with Crippen molar-refractivity contribution >= 4 is 16.7 Å². The maximum Gasteiger partial charge on any atom is 0.164 e. The molecule has 10 heteroatoms. The molecule has 4 heterocycles. The molecule has 0 unspecified atom stereocenters. The van der Waals surface area contributed by atoms with Crippen LogP contribution in [0, 0.1) is 11.3 Å². The number of aromatic nitrogens is 7. The molecule has 0 spiro atoms. The molecule has 4 aromatic rings. The van der Waals surface area contributed by atoms with E-state index in [4.69, 9.17) is 9.72 Å². The number of pyridine rings is 2. The third kappa shape index (κ3) is 4.67. The monoisotopic (exact) mass is 497 g/mol. The second kappa shape index (κ2) is 9.90. The highest BCUT2D eigenvalue weighted by atomic mass is 16.5. The van der Waals surface area contributed by atoms with E-state index in [9.17, 15) is 5.26 Å². The maximum absolute atomic E-state index is 9.17. The van der Waals surface area contributed by atoms with Crippen LogP contribution in [0.25, 0.3) is 28.1 Å². The molecule has 2 saturated carbocycles. The van der Waals surface area contributed by atoms with Gasteiger partial charge in [-0.3, -0.25) is 0 Å². The molecule has 6 rings (SSSR count). The van der Waals surface area contributed by atoms with Gasteiger partial charge >= 0.3 is 0 Å². The highest BCUT2D eigenvalue weighted by Crippen LogP contribution is 2.36. The second-order valence-electron chi connectivity index (χ2n) is 10.4. The molecule has 0 radical (unpaired) electrons. The first-order valence-electron chi connectivity index (χ1n) is 13.2. The molecule has 0 aliphatic heterocycles. The van der Waals surface area contributed by atoms with Crippen molar-refractivity contribution in [1.29, 1.82) is 5.26 Å². The summed E-state index contributed by atoms with van der Waals surface area (Å²) in [5, 5.41) is 27.1. The van der Waals surface area contributed by atoms with Crippen LogP contribution < -0.4 is 5.32 Å². The Bertz CT molecular complexity index is 1450. The molecule has 190 valence electrons. The Morgan fingerprint density at radius 2 is 1.92 bits per heavy atom. The van der Waals surface area contributed by atoms with Crippen LogP contribution in [0.2, 0.25) is 0 Å². The number of nitrogens with one attached hydrogen (secondary N) is 1. The number of nitrogens with zero attached hydrogens (tertiary/aromatic N) is 8. The quantitative estimate of drug-likeness (QED) is 0.386. The predicted molar refractivity (Wildman–Crippen MR) is 139 cm³/mol. The topological polar surface area (TPSA) is 119 Å². The molecule has 4 aromatic heterocycles. The molecule has 0 bridgehead atoms. The van der Waals surface area contributed by atoms with Crippen molar-refractivity contribution in [3.8, 4) is 23.1 Å². The average molecular weight is 498 g/mol. The van der Waals surface area contributed by atoms with Crippen LogP contribution in [0.15, 0.2) is 36.9 Å². The molecular formula is C27H31N9O. The summed E-state index contributed by atoms with van der Waals surface area (Å²) >= 11 is 0. The number of nitriles is 1. The zero-order valence-electron chi connectivity index (χ0n) is 21.2. The average Bonchev–Trinajstić information content (AvgIpc) is 3.53. The van der Waals surface area contributed by atoms with Gasteiger partial charge in [-0.25, -0.2) is 14.6 Å². The second-order valence-corrected chi connectivity index (χ2v) is 10.4. The van der Waals surface area contributed by atoms with E-state index in [0.29, 0.717) is 23.1 Å². The summed E-state index contributed by atoms with van der Waals surface area (Å²) in [5.41, 5.74) is 3.70. The highest BCUT2D eigenvalue weighted by molar-refractivity contribution is 5.79. The van der Waals surface area contributed by atoms with E-state index in [1.807, 2.05) is 23.1 Å². The summed E-state index contributed by atoms with van der Waals surface area (Å²) in [6.45, 7) is 4.19. The maximum atomic E-state index is 9.17. The van der Waals surface area contributed by atoms with Crippen molar-refractivity contribution in [2.45, 2.75) is 83.1 Å². The van der Waals surface area contributed by atoms with Gasteiger partial charge in [-0.05, 0) is 52.0 Å². The van der Waals surface area contributed by atoms with Crippen molar-refractivity contribution in [3.05, 3.63) is 42.5 Å². The predicted octanol–water partition coefficient (Wildman–Crippen LogP) is 4.82. The van der Waals surface area contributed by atoms with Crippen LogP contribution in [0.1, 0.15) is 70.4 Å². The smallest absolute Gasteiger partial charge is 0.164 e. The summed E-state index contributed by atoms with van der Waals surface area (Å²) in [7, 11) is 0. The number of fused-ring (bicyclic) bond motifs is 1. The lowest BCUT2D eigenvalue weighted by Gasteiger charge is -2.37. The Morgan fingerprint density at radius 1 is 1.05 bits per heavy atom. The van der Waals surface area contributed by atoms with Crippen LogP contribution in [0.4, 0.5) is 5.69 Å². The van der Waals surface area contributed by atoms with Gasteiger partial charge < -0.3 is 10.1 Å². The van der Waals surface area contributed by atoms with Gasteiger partial charge in [0.1, 0.15) is 11.8 Å². The number of hydrogen-bond acceptors (Lipinski definition) is 8. The van der Waals surface area contributed by atoms with Gasteiger partial charge in [0.2, 0.25) is 0 Å². The van der Waals surface area contributed by atoms with Crippen molar-refractivity contribution in [2.24, 2.45) is 0 Å². The normalized spacial score (nSPS) is 20.2. The van der Waals surface area contributed by atoms with Gasteiger partial charge in [0.15, 0.2) is 11.5 Å². The Labute approximate surface area is 215 Å². The van der Waals surface area contributed by atoms with Crippen LogP contribution >= 0.6 is 0 Å². The van der Waals surface area contributed by atoms with Gasteiger partial charge in [-0.2, -0.15) is 15.0 Å². The molecule has 0 amide bonds. The van der Waals surface area contributed by atoms with Crippen molar-refractivity contribution in [1.82, 2.24) is 34.7 Å². The Balaban J connectivity index is 1.32. The van der Waals surface area contributed by atoms with E-state index in [0.717, 1.165) is 35.2 Å². The highest BCUT2D eigenvalue weighted by Gasteiger charge is 2.32. The molecule has 2 aliphatic rings. The molecule has 0 aromatic carbocycles. The Morgan fingerprint density at radius 3 is 2.70 bits per heavy atom. The van der Waals surface area contributed by atoms with Crippen LogP contribution in [0.5, 0.6) is 0 Å². The van der Waals surface area contributed by atoms with Gasteiger partial charge in [-0.1, -0.05) is 18.1 Å². The molecule has 37 heavy (non-hydrogen) atoms. The molecule has 2 fully saturated rings.